The number of ether oxygens (including phenoxy) is 3. The molecule has 6 nitrogen and oxygen atoms in total. The first-order chi connectivity index (χ1) is 11.1. The van der Waals surface area contributed by atoms with E-state index in [2.05, 4.69) is 11.4 Å². The number of carbonyl (C=O) groups is 2. The maximum atomic E-state index is 11.9. The zero-order valence-corrected chi connectivity index (χ0v) is 13.3. The zero-order valence-electron chi connectivity index (χ0n) is 13.3. The van der Waals surface area contributed by atoms with Crippen molar-refractivity contribution in [2.24, 2.45) is 5.92 Å². The summed E-state index contributed by atoms with van der Waals surface area (Å²) in [6, 6.07) is 5.05. The molecular formula is C17H21NO5. The van der Waals surface area contributed by atoms with Gasteiger partial charge in [0.05, 0.1) is 26.3 Å². The fraction of sp³-hybridized carbons (Fsp3) is 0.412. The average molecular weight is 319 g/mol. The summed E-state index contributed by atoms with van der Waals surface area (Å²) >= 11 is 0. The normalized spacial score (nSPS) is 16.0. The van der Waals surface area contributed by atoms with Gasteiger partial charge in [0.1, 0.15) is 11.5 Å². The van der Waals surface area contributed by atoms with Gasteiger partial charge < -0.3 is 19.5 Å². The molecule has 0 saturated carbocycles. The Morgan fingerprint density at radius 2 is 2.09 bits per heavy atom. The molecule has 0 fully saturated rings. The third-order valence-electron chi connectivity index (χ3n) is 3.59. The Labute approximate surface area is 135 Å². The van der Waals surface area contributed by atoms with E-state index in [0.717, 1.165) is 12.8 Å². The van der Waals surface area contributed by atoms with Gasteiger partial charge in [0.15, 0.2) is 6.61 Å². The molecule has 0 aliphatic heterocycles. The molecule has 0 radical (unpaired) electrons. The van der Waals surface area contributed by atoms with Crippen LogP contribution in [0.3, 0.4) is 0 Å². The summed E-state index contributed by atoms with van der Waals surface area (Å²) in [7, 11) is 3.04. The van der Waals surface area contributed by atoms with Crippen LogP contribution in [-0.2, 0) is 14.3 Å². The van der Waals surface area contributed by atoms with Crippen molar-refractivity contribution in [3.8, 4) is 11.5 Å². The fourth-order valence-corrected chi connectivity index (χ4v) is 2.38. The van der Waals surface area contributed by atoms with Crippen LogP contribution in [-0.4, -0.2) is 32.7 Å². The Kier molecular flexibility index (Phi) is 6.02. The highest BCUT2D eigenvalue weighted by Gasteiger charge is 2.16. The number of benzene rings is 1. The van der Waals surface area contributed by atoms with E-state index in [1.807, 2.05) is 6.08 Å². The second-order valence-electron chi connectivity index (χ2n) is 5.24. The van der Waals surface area contributed by atoms with Crippen molar-refractivity contribution in [1.29, 1.82) is 0 Å². The lowest BCUT2D eigenvalue weighted by Gasteiger charge is -2.12. The molecule has 1 aromatic rings. The van der Waals surface area contributed by atoms with E-state index >= 15 is 0 Å². The number of esters is 1. The predicted octanol–water partition coefficient (Wildman–Crippen LogP) is 2.54. The third kappa shape index (κ3) is 5.02. The van der Waals surface area contributed by atoms with Gasteiger partial charge in [0.25, 0.3) is 5.91 Å². The number of rotatable bonds is 7. The molecule has 0 spiro atoms. The highest BCUT2D eigenvalue weighted by molar-refractivity contribution is 5.94. The molecule has 1 N–H and O–H groups in total. The van der Waals surface area contributed by atoms with Crippen LogP contribution in [0.15, 0.2) is 30.4 Å². The van der Waals surface area contributed by atoms with E-state index in [0.29, 0.717) is 23.6 Å². The van der Waals surface area contributed by atoms with Crippen molar-refractivity contribution in [2.45, 2.75) is 19.3 Å². The van der Waals surface area contributed by atoms with Gasteiger partial charge in [-0.1, -0.05) is 12.2 Å². The fourth-order valence-electron chi connectivity index (χ4n) is 2.38. The van der Waals surface area contributed by atoms with Gasteiger partial charge in [-0.05, 0) is 30.9 Å². The highest BCUT2D eigenvalue weighted by atomic mass is 16.5. The first-order valence-corrected chi connectivity index (χ1v) is 7.46. The van der Waals surface area contributed by atoms with Crippen molar-refractivity contribution >= 4 is 17.6 Å². The summed E-state index contributed by atoms with van der Waals surface area (Å²) in [5, 5.41) is 2.65. The van der Waals surface area contributed by atoms with Gasteiger partial charge in [-0.25, -0.2) is 0 Å². The number of hydrogen-bond donors (Lipinski definition) is 1. The van der Waals surface area contributed by atoms with E-state index in [-0.39, 0.29) is 18.5 Å². The Morgan fingerprint density at radius 3 is 2.74 bits per heavy atom. The second-order valence-corrected chi connectivity index (χ2v) is 5.24. The summed E-state index contributed by atoms with van der Waals surface area (Å²) in [6.45, 7) is -0.324. The molecule has 0 unspecified atom stereocenters. The van der Waals surface area contributed by atoms with Crippen molar-refractivity contribution in [3.05, 3.63) is 30.4 Å². The molecule has 1 aliphatic carbocycles. The largest absolute Gasteiger partial charge is 0.497 e. The zero-order chi connectivity index (χ0) is 16.7. The van der Waals surface area contributed by atoms with Crippen molar-refractivity contribution in [3.63, 3.8) is 0 Å². The van der Waals surface area contributed by atoms with E-state index in [4.69, 9.17) is 14.2 Å². The molecule has 1 aromatic carbocycles. The van der Waals surface area contributed by atoms with Crippen LogP contribution < -0.4 is 14.8 Å². The molecule has 0 heterocycles. The SMILES string of the molecule is COc1ccc(OC)c(NC(=O)COC(=O)C[C@H]2C=CCC2)c1. The standard InChI is InChI=1S/C17H21NO5/c1-21-13-7-8-15(22-2)14(10-13)18-16(19)11-23-17(20)9-12-5-3-4-6-12/h3,5,7-8,10,12H,4,6,9,11H2,1-2H3,(H,18,19)/t12-/m0/s1. The van der Waals surface area contributed by atoms with Crippen LogP contribution in [0.1, 0.15) is 19.3 Å². The number of methoxy groups -OCH3 is 2. The summed E-state index contributed by atoms with van der Waals surface area (Å²) in [5.74, 6) is 0.526. The lowest BCUT2D eigenvalue weighted by molar-refractivity contribution is -0.147. The number of amides is 1. The van der Waals surface area contributed by atoms with E-state index in [1.54, 1.807) is 18.2 Å². The summed E-state index contributed by atoms with van der Waals surface area (Å²) in [6.07, 6.45) is 6.34. The van der Waals surface area contributed by atoms with Crippen LogP contribution in [0.4, 0.5) is 5.69 Å². The van der Waals surface area contributed by atoms with Crippen LogP contribution in [0.25, 0.3) is 0 Å². The lowest BCUT2D eigenvalue weighted by atomic mass is 10.1. The minimum Gasteiger partial charge on any atom is -0.497 e. The quantitative estimate of drug-likeness (QED) is 0.617. The highest BCUT2D eigenvalue weighted by Crippen LogP contribution is 2.28. The minimum atomic E-state index is -0.424. The molecule has 1 atom stereocenters. The van der Waals surface area contributed by atoms with Crippen LogP contribution in [0.5, 0.6) is 11.5 Å². The van der Waals surface area contributed by atoms with E-state index in [1.165, 1.54) is 14.2 Å². The van der Waals surface area contributed by atoms with Gasteiger partial charge in [-0.2, -0.15) is 0 Å². The Hall–Kier alpha value is -2.50. The van der Waals surface area contributed by atoms with Crippen LogP contribution in [0, 0.1) is 5.92 Å². The van der Waals surface area contributed by atoms with Crippen molar-refractivity contribution in [2.75, 3.05) is 26.1 Å². The number of hydrogen-bond acceptors (Lipinski definition) is 5. The summed E-state index contributed by atoms with van der Waals surface area (Å²) in [4.78, 5) is 23.6. The van der Waals surface area contributed by atoms with Crippen LogP contribution >= 0.6 is 0 Å². The van der Waals surface area contributed by atoms with Crippen LogP contribution in [0.2, 0.25) is 0 Å². The molecule has 124 valence electrons. The molecule has 6 heteroatoms. The van der Waals surface area contributed by atoms with Gasteiger partial charge in [0, 0.05) is 6.07 Å². The maximum absolute atomic E-state index is 11.9. The van der Waals surface area contributed by atoms with Crippen molar-refractivity contribution < 1.29 is 23.8 Å². The van der Waals surface area contributed by atoms with Gasteiger partial charge in [0.2, 0.25) is 0 Å². The lowest BCUT2D eigenvalue weighted by Crippen LogP contribution is -2.22. The van der Waals surface area contributed by atoms with E-state index < -0.39 is 5.91 Å². The van der Waals surface area contributed by atoms with Gasteiger partial charge in [-0.15, -0.1) is 0 Å². The predicted molar refractivity (Wildman–Crippen MR) is 85.6 cm³/mol. The molecule has 0 aromatic heterocycles. The minimum absolute atomic E-state index is 0.226. The smallest absolute Gasteiger partial charge is 0.306 e. The second kappa shape index (κ2) is 8.22. The maximum Gasteiger partial charge on any atom is 0.306 e. The molecule has 1 aliphatic rings. The first-order valence-electron chi connectivity index (χ1n) is 7.46. The molecule has 2 rings (SSSR count). The molecule has 1 amide bonds. The molecule has 0 bridgehead atoms. The number of anilines is 1. The monoisotopic (exact) mass is 319 g/mol. The third-order valence-corrected chi connectivity index (χ3v) is 3.59. The summed E-state index contributed by atoms with van der Waals surface area (Å²) < 4.78 is 15.3. The first kappa shape index (κ1) is 16.9. The Bertz CT molecular complexity index is 597. The summed E-state index contributed by atoms with van der Waals surface area (Å²) in [5.41, 5.74) is 0.464. The Morgan fingerprint density at radius 1 is 1.26 bits per heavy atom. The number of allylic oxidation sites excluding steroid dienone is 2. The van der Waals surface area contributed by atoms with Gasteiger partial charge in [-0.3, -0.25) is 9.59 Å². The average Bonchev–Trinajstić information content (AvgIpc) is 3.05. The molecule has 23 heavy (non-hydrogen) atoms. The molecular weight excluding hydrogens is 298 g/mol. The number of carbonyl (C=O) groups excluding carboxylic acids is 2. The number of nitrogens with one attached hydrogen (secondary N) is 1. The van der Waals surface area contributed by atoms with Crippen molar-refractivity contribution in [1.82, 2.24) is 0 Å². The molecule has 0 saturated heterocycles. The van der Waals surface area contributed by atoms with Gasteiger partial charge >= 0.3 is 5.97 Å². The topological polar surface area (TPSA) is 73.9 Å². The van der Waals surface area contributed by atoms with E-state index in [9.17, 15) is 9.59 Å². The Balaban J connectivity index is 1.84.